The molecule has 0 N–H and O–H groups in total. The topological polar surface area (TPSA) is 68.3 Å². The lowest BCUT2D eigenvalue weighted by Crippen LogP contribution is -2.29. The number of rotatable bonds is 2. The number of fused-ring (bicyclic) bond motifs is 9. The molecular formula is C42H28F4O4S2. The maximum Gasteiger partial charge on any atom is 0.197 e. The number of hydrogen-bond acceptors (Lipinski definition) is 6. The van der Waals surface area contributed by atoms with Crippen molar-refractivity contribution < 1.29 is 36.7 Å². The Morgan fingerprint density at radius 1 is 0.481 bits per heavy atom. The van der Waals surface area contributed by atoms with Crippen LogP contribution in [0.4, 0.5) is 17.6 Å². The zero-order valence-electron chi connectivity index (χ0n) is 27.7. The molecule has 0 bridgehead atoms. The van der Waals surface area contributed by atoms with Gasteiger partial charge in [0.05, 0.1) is 20.5 Å². The molecule has 10 rings (SSSR count). The Morgan fingerprint density at radius 2 is 0.788 bits per heavy atom. The molecule has 52 heavy (non-hydrogen) atoms. The van der Waals surface area contributed by atoms with Crippen LogP contribution in [0.5, 0.6) is 0 Å². The van der Waals surface area contributed by atoms with E-state index < -0.39 is 57.2 Å². The summed E-state index contributed by atoms with van der Waals surface area (Å²) >= 11 is 3.38. The summed E-state index contributed by atoms with van der Waals surface area (Å²) in [5, 5.41) is 0. The van der Waals surface area contributed by atoms with Gasteiger partial charge in [0, 0.05) is 42.8 Å². The van der Waals surface area contributed by atoms with Crippen LogP contribution in [-0.2, 0) is 10.8 Å². The fourth-order valence-corrected chi connectivity index (χ4v) is 13.1. The number of Topliss-reactive ketones (excluding diaryl/α,β-unsaturated/α-hetero) is 4. The van der Waals surface area contributed by atoms with Crippen LogP contribution in [0.2, 0.25) is 0 Å². The van der Waals surface area contributed by atoms with E-state index in [1.165, 1.54) is 20.5 Å². The van der Waals surface area contributed by atoms with Crippen LogP contribution in [0, 0.1) is 23.3 Å². The average Bonchev–Trinajstić information content (AvgIpc) is 3.91. The molecule has 0 amide bonds. The van der Waals surface area contributed by atoms with E-state index in [0.29, 0.717) is 0 Å². The van der Waals surface area contributed by atoms with Crippen LogP contribution in [0.25, 0.3) is 21.6 Å². The number of thiophene rings is 2. The van der Waals surface area contributed by atoms with Crippen molar-refractivity contribution in [1.82, 2.24) is 0 Å². The third-order valence-corrected chi connectivity index (χ3v) is 14.7. The van der Waals surface area contributed by atoms with Gasteiger partial charge in [0.15, 0.2) is 46.4 Å². The highest BCUT2D eigenvalue weighted by Gasteiger charge is 2.50. The standard InChI is InChI=1S/C42H28F4O4S2/c43-27-15-21-22(16-28(27)44)36(48)25(35(21)47)11-19-13-31-33(41(19)7-3-1-4-8-41)39-40(51-31)34-32(52-39)14-20(42(34)9-5-2-6-10-42)12-26-37(49)23-17-29(45)30(46)18-24(23)38(26)50/h11-18H,1-10H2. The highest BCUT2D eigenvalue weighted by molar-refractivity contribution is 7.29. The second-order valence-corrected chi connectivity index (χ2v) is 17.0. The van der Waals surface area contributed by atoms with Gasteiger partial charge in [0.2, 0.25) is 0 Å². The highest BCUT2D eigenvalue weighted by atomic mass is 32.1. The van der Waals surface area contributed by atoms with Gasteiger partial charge in [-0.2, -0.15) is 0 Å². The van der Waals surface area contributed by atoms with Crippen molar-refractivity contribution >= 4 is 67.4 Å². The largest absolute Gasteiger partial charge is 0.288 e. The van der Waals surface area contributed by atoms with Crippen LogP contribution in [0.15, 0.2) is 58.7 Å². The summed E-state index contributed by atoms with van der Waals surface area (Å²) in [6.07, 6.45) is 16.9. The molecule has 0 atom stereocenters. The zero-order valence-corrected chi connectivity index (χ0v) is 29.3. The lowest BCUT2D eigenvalue weighted by molar-refractivity contribution is 0.0972. The molecular weight excluding hydrogens is 709 g/mol. The van der Waals surface area contributed by atoms with Crippen molar-refractivity contribution in [3.8, 4) is 0 Å². The third-order valence-electron chi connectivity index (χ3n) is 12.3. The monoisotopic (exact) mass is 736 g/mol. The van der Waals surface area contributed by atoms with Gasteiger partial charge in [-0.25, -0.2) is 17.6 Å². The molecule has 260 valence electrons. The van der Waals surface area contributed by atoms with E-state index in [4.69, 9.17) is 0 Å². The minimum Gasteiger partial charge on any atom is -0.288 e. The molecule has 4 nitrogen and oxygen atoms in total. The Balaban J connectivity index is 1.09. The summed E-state index contributed by atoms with van der Waals surface area (Å²) in [4.78, 5) is 55.8. The van der Waals surface area contributed by atoms with Gasteiger partial charge in [0.25, 0.3) is 0 Å². The van der Waals surface area contributed by atoms with Crippen LogP contribution in [0.3, 0.4) is 0 Å². The normalized spacial score (nSPS) is 20.9. The summed E-state index contributed by atoms with van der Waals surface area (Å²) in [5.41, 5.74) is 2.76. The number of ketones is 4. The molecule has 0 radical (unpaired) electrons. The second-order valence-electron chi connectivity index (χ2n) is 14.9. The number of carbonyl (C=O) groups excluding carboxylic acids is 4. The molecule has 2 spiro atoms. The smallest absolute Gasteiger partial charge is 0.197 e. The first-order valence-electron chi connectivity index (χ1n) is 17.7. The van der Waals surface area contributed by atoms with Gasteiger partial charge in [-0.15, -0.1) is 22.7 Å². The van der Waals surface area contributed by atoms with Crippen LogP contribution < -0.4 is 0 Å². The Bertz CT molecular complexity index is 2280. The highest BCUT2D eigenvalue weighted by Crippen LogP contribution is 2.63. The average molecular weight is 737 g/mol. The molecule has 0 aliphatic heterocycles. The second kappa shape index (κ2) is 11.0. The number of hydrogen-bond donors (Lipinski definition) is 0. The molecule has 10 heteroatoms. The first kappa shape index (κ1) is 32.1. The fourth-order valence-electron chi connectivity index (χ4n) is 9.88. The van der Waals surface area contributed by atoms with Gasteiger partial charge in [-0.3, -0.25) is 19.2 Å². The number of benzene rings is 2. The molecule has 6 aliphatic carbocycles. The minimum absolute atomic E-state index is 0.0679. The third kappa shape index (κ3) is 4.13. The molecule has 2 aromatic carbocycles. The Labute approximate surface area is 303 Å². The molecule has 2 aromatic heterocycles. The van der Waals surface area contributed by atoms with Crippen molar-refractivity contribution in [2.45, 2.75) is 75.0 Å². The van der Waals surface area contributed by atoms with E-state index >= 15 is 0 Å². The first-order valence-corrected chi connectivity index (χ1v) is 19.3. The summed E-state index contributed by atoms with van der Waals surface area (Å²) in [6.45, 7) is 0. The SMILES string of the molecule is O=C1C(=CC2=Cc3sc4c5c(sc4c3C23CCCCC3)C=C(C=C2C(=O)c3cc(F)c(F)cc3C2=O)C52CCCCC2)C(=O)c2cc(F)c(F)cc21. The van der Waals surface area contributed by atoms with E-state index in [9.17, 15) is 36.7 Å². The molecule has 0 saturated heterocycles. The van der Waals surface area contributed by atoms with Crippen molar-refractivity contribution in [3.63, 3.8) is 0 Å². The van der Waals surface area contributed by atoms with Crippen LogP contribution in [0.1, 0.15) is 127 Å². The Kier molecular flexibility index (Phi) is 6.79. The van der Waals surface area contributed by atoms with E-state index in [0.717, 1.165) is 109 Å². The van der Waals surface area contributed by atoms with E-state index in [1.54, 1.807) is 34.8 Å². The van der Waals surface area contributed by atoms with Crippen molar-refractivity contribution in [1.29, 1.82) is 0 Å². The summed E-state index contributed by atoms with van der Waals surface area (Å²) in [5.74, 6) is -7.03. The molecule has 6 aliphatic rings. The van der Waals surface area contributed by atoms with Gasteiger partial charge in [-0.05, 0) is 96.5 Å². The quantitative estimate of drug-likeness (QED) is 0.117. The predicted molar refractivity (Wildman–Crippen MR) is 191 cm³/mol. The molecule has 2 heterocycles. The van der Waals surface area contributed by atoms with Gasteiger partial charge >= 0.3 is 0 Å². The first-order chi connectivity index (χ1) is 25.0. The predicted octanol–water partition coefficient (Wildman–Crippen LogP) is 10.7. The maximum absolute atomic E-state index is 14.1. The Hall–Kier alpha value is -4.54. The number of halogens is 4. The van der Waals surface area contributed by atoms with Gasteiger partial charge in [-0.1, -0.05) is 38.5 Å². The van der Waals surface area contributed by atoms with E-state index in [2.05, 4.69) is 12.2 Å². The number of carbonyl (C=O) groups is 4. The minimum atomic E-state index is -1.17. The van der Waals surface area contributed by atoms with Gasteiger partial charge in [0.1, 0.15) is 0 Å². The molecule has 4 aromatic rings. The van der Waals surface area contributed by atoms with Crippen LogP contribution in [-0.4, -0.2) is 23.1 Å². The molecule has 2 saturated carbocycles. The molecule has 0 unspecified atom stereocenters. The van der Waals surface area contributed by atoms with Crippen molar-refractivity contribution in [2.75, 3.05) is 0 Å². The van der Waals surface area contributed by atoms with Crippen molar-refractivity contribution in [2.24, 2.45) is 0 Å². The maximum atomic E-state index is 14.1. The lowest BCUT2D eigenvalue weighted by Gasteiger charge is -2.37. The van der Waals surface area contributed by atoms with Gasteiger partial charge < -0.3 is 0 Å². The summed E-state index contributed by atoms with van der Waals surface area (Å²) < 4.78 is 58.7. The van der Waals surface area contributed by atoms with E-state index in [-0.39, 0.29) is 33.4 Å². The molecule has 2 fully saturated rings. The van der Waals surface area contributed by atoms with Crippen LogP contribution >= 0.6 is 22.7 Å². The summed E-state index contributed by atoms with van der Waals surface area (Å²) in [6, 6.07) is 3.26. The Morgan fingerprint density at radius 3 is 1.10 bits per heavy atom. The fraction of sp³-hybridized carbons (Fsp3) is 0.286. The number of allylic oxidation sites excluding steroid dienone is 6. The van der Waals surface area contributed by atoms with Crippen molar-refractivity contribution in [3.05, 3.63) is 125 Å². The lowest BCUT2D eigenvalue weighted by atomic mass is 9.66. The zero-order chi connectivity index (χ0) is 35.8. The van der Waals surface area contributed by atoms with E-state index in [1.807, 2.05) is 0 Å². The summed E-state index contributed by atoms with van der Waals surface area (Å²) in [7, 11) is 0.